The summed E-state index contributed by atoms with van der Waals surface area (Å²) in [5, 5.41) is 6.14. The average molecular weight is 401 g/mol. The first-order chi connectivity index (χ1) is 14.2. The summed E-state index contributed by atoms with van der Waals surface area (Å²) >= 11 is 0. The van der Waals surface area contributed by atoms with Crippen molar-refractivity contribution < 1.29 is 9.59 Å². The van der Waals surface area contributed by atoms with Crippen molar-refractivity contribution in [2.75, 3.05) is 32.7 Å². The van der Waals surface area contributed by atoms with Crippen LogP contribution in [0.15, 0.2) is 30.3 Å². The summed E-state index contributed by atoms with van der Waals surface area (Å²) in [6, 6.07) is 10.5. The van der Waals surface area contributed by atoms with Crippen molar-refractivity contribution in [1.29, 1.82) is 0 Å². The number of benzene rings is 1. The molecule has 0 aromatic heterocycles. The van der Waals surface area contributed by atoms with Gasteiger partial charge in [-0.3, -0.25) is 9.69 Å². The fraction of sp³-hybridized carbons (Fsp3) is 0.652. The first-order valence-electron chi connectivity index (χ1n) is 11.2. The summed E-state index contributed by atoms with van der Waals surface area (Å²) in [5.74, 6) is 0.716. The molecule has 0 bridgehead atoms. The van der Waals surface area contributed by atoms with Crippen LogP contribution in [0.4, 0.5) is 4.79 Å². The second-order valence-corrected chi connectivity index (χ2v) is 8.34. The highest BCUT2D eigenvalue weighted by Gasteiger charge is 2.25. The molecule has 1 aromatic rings. The van der Waals surface area contributed by atoms with Crippen LogP contribution in [0, 0.1) is 5.92 Å². The Balaban J connectivity index is 1.28. The molecule has 0 aliphatic carbocycles. The van der Waals surface area contributed by atoms with E-state index < -0.39 is 0 Å². The first-order valence-corrected chi connectivity index (χ1v) is 11.2. The van der Waals surface area contributed by atoms with Crippen LogP contribution in [0.2, 0.25) is 0 Å². The van der Waals surface area contributed by atoms with Gasteiger partial charge in [0.15, 0.2) is 0 Å². The summed E-state index contributed by atoms with van der Waals surface area (Å²) in [6.45, 7) is 7.32. The van der Waals surface area contributed by atoms with E-state index in [9.17, 15) is 9.59 Å². The van der Waals surface area contributed by atoms with E-state index in [1.165, 1.54) is 12.8 Å². The van der Waals surface area contributed by atoms with Crippen molar-refractivity contribution in [1.82, 2.24) is 20.4 Å². The number of amides is 3. The van der Waals surface area contributed by atoms with E-state index in [-0.39, 0.29) is 11.9 Å². The molecule has 2 fully saturated rings. The van der Waals surface area contributed by atoms with Gasteiger partial charge in [-0.25, -0.2) is 4.79 Å². The van der Waals surface area contributed by atoms with Crippen LogP contribution in [-0.4, -0.2) is 60.5 Å². The fourth-order valence-corrected chi connectivity index (χ4v) is 4.51. The van der Waals surface area contributed by atoms with Gasteiger partial charge in [-0.2, -0.15) is 0 Å². The lowest BCUT2D eigenvalue weighted by Crippen LogP contribution is -2.44. The lowest BCUT2D eigenvalue weighted by Gasteiger charge is -2.32. The van der Waals surface area contributed by atoms with Gasteiger partial charge >= 0.3 is 6.03 Å². The molecular weight excluding hydrogens is 364 g/mol. The molecule has 0 radical (unpaired) electrons. The highest BCUT2D eigenvalue weighted by Crippen LogP contribution is 2.22. The molecule has 0 spiro atoms. The number of carbonyl (C=O) groups excluding carboxylic acids is 2. The molecular formula is C23H36N4O2. The number of piperidine rings is 1. The molecule has 6 nitrogen and oxygen atoms in total. The Labute approximate surface area is 175 Å². The summed E-state index contributed by atoms with van der Waals surface area (Å²) in [5.41, 5.74) is 1.11. The molecule has 3 rings (SSSR count). The second kappa shape index (κ2) is 11.2. The zero-order valence-corrected chi connectivity index (χ0v) is 17.7. The maximum atomic E-state index is 12.4. The van der Waals surface area contributed by atoms with Gasteiger partial charge in [0, 0.05) is 38.6 Å². The number of likely N-dealkylation sites (tertiary alicyclic amines) is 2. The molecule has 1 atom stereocenters. The molecule has 6 heteroatoms. The van der Waals surface area contributed by atoms with Gasteiger partial charge in [-0.1, -0.05) is 37.3 Å². The number of rotatable bonds is 8. The summed E-state index contributed by atoms with van der Waals surface area (Å²) in [7, 11) is 0. The van der Waals surface area contributed by atoms with Crippen molar-refractivity contribution in [2.45, 2.75) is 58.0 Å². The van der Waals surface area contributed by atoms with Gasteiger partial charge in [0.1, 0.15) is 0 Å². The number of hydrogen-bond donors (Lipinski definition) is 2. The molecule has 0 unspecified atom stereocenters. The third kappa shape index (κ3) is 6.74. The predicted octanol–water partition coefficient (Wildman–Crippen LogP) is 2.99. The number of carbonyl (C=O) groups is 2. The molecule has 2 heterocycles. The maximum Gasteiger partial charge on any atom is 0.317 e. The molecule has 2 saturated heterocycles. The van der Waals surface area contributed by atoms with Crippen LogP contribution in [0.3, 0.4) is 0 Å². The fourth-order valence-electron chi connectivity index (χ4n) is 4.51. The average Bonchev–Trinajstić information content (AvgIpc) is 3.23. The van der Waals surface area contributed by atoms with Crippen molar-refractivity contribution in [2.24, 2.45) is 5.92 Å². The van der Waals surface area contributed by atoms with E-state index in [1.807, 2.05) is 35.2 Å². The van der Waals surface area contributed by atoms with Crippen molar-refractivity contribution in [3.8, 4) is 0 Å². The van der Waals surface area contributed by atoms with Crippen LogP contribution >= 0.6 is 0 Å². The smallest absolute Gasteiger partial charge is 0.317 e. The van der Waals surface area contributed by atoms with E-state index in [0.29, 0.717) is 24.9 Å². The van der Waals surface area contributed by atoms with E-state index in [0.717, 1.165) is 57.5 Å². The van der Waals surface area contributed by atoms with Crippen molar-refractivity contribution in [3.05, 3.63) is 35.9 Å². The number of urea groups is 1. The van der Waals surface area contributed by atoms with E-state index in [1.54, 1.807) is 0 Å². The van der Waals surface area contributed by atoms with Gasteiger partial charge in [0.05, 0.1) is 0 Å². The molecule has 29 heavy (non-hydrogen) atoms. The van der Waals surface area contributed by atoms with Crippen LogP contribution in [0.25, 0.3) is 0 Å². The SMILES string of the molecule is CCN1CCC[C@H]1CNC(=O)CCC1CCN(C(=O)NCc2ccccc2)CC1. The van der Waals surface area contributed by atoms with Crippen molar-refractivity contribution >= 4 is 11.9 Å². The van der Waals surface area contributed by atoms with Gasteiger partial charge < -0.3 is 15.5 Å². The van der Waals surface area contributed by atoms with Crippen LogP contribution < -0.4 is 10.6 Å². The number of hydrogen-bond acceptors (Lipinski definition) is 3. The minimum Gasteiger partial charge on any atom is -0.355 e. The molecule has 2 N–H and O–H groups in total. The highest BCUT2D eigenvalue weighted by atomic mass is 16.2. The van der Waals surface area contributed by atoms with Crippen LogP contribution in [-0.2, 0) is 11.3 Å². The topological polar surface area (TPSA) is 64.7 Å². The molecule has 2 aliphatic heterocycles. The Hall–Kier alpha value is -2.08. The normalized spacial score (nSPS) is 20.6. The Morgan fingerprint density at radius 3 is 2.52 bits per heavy atom. The standard InChI is InChI=1S/C23H36N4O2/c1-2-26-14-6-9-21(26)18-24-22(28)11-10-19-12-15-27(16-13-19)23(29)25-17-20-7-4-3-5-8-20/h3-5,7-8,19,21H,2,6,9-18H2,1H3,(H,24,28)(H,25,29)/t21-/m0/s1. The lowest BCUT2D eigenvalue weighted by atomic mass is 9.92. The van der Waals surface area contributed by atoms with E-state index in [4.69, 9.17) is 0 Å². The van der Waals surface area contributed by atoms with Gasteiger partial charge in [0.25, 0.3) is 0 Å². The Bertz CT molecular complexity index is 644. The third-order valence-electron chi connectivity index (χ3n) is 6.41. The second-order valence-electron chi connectivity index (χ2n) is 8.34. The lowest BCUT2D eigenvalue weighted by molar-refractivity contribution is -0.121. The number of nitrogens with zero attached hydrogens (tertiary/aromatic N) is 2. The Morgan fingerprint density at radius 1 is 1.03 bits per heavy atom. The summed E-state index contributed by atoms with van der Waals surface area (Å²) in [6.07, 6.45) is 5.93. The first kappa shape index (κ1) is 21.6. The zero-order valence-electron chi connectivity index (χ0n) is 17.7. The Morgan fingerprint density at radius 2 is 1.79 bits per heavy atom. The van der Waals surface area contributed by atoms with Crippen molar-refractivity contribution in [3.63, 3.8) is 0 Å². The molecule has 3 amide bonds. The third-order valence-corrected chi connectivity index (χ3v) is 6.41. The number of likely N-dealkylation sites (N-methyl/N-ethyl adjacent to an activating group) is 1. The van der Waals surface area contributed by atoms with Gasteiger partial charge in [-0.15, -0.1) is 0 Å². The minimum atomic E-state index is 0.0158. The van der Waals surface area contributed by atoms with Gasteiger partial charge in [0.2, 0.25) is 5.91 Å². The highest BCUT2D eigenvalue weighted by molar-refractivity contribution is 5.76. The molecule has 0 saturated carbocycles. The summed E-state index contributed by atoms with van der Waals surface area (Å²) < 4.78 is 0. The molecule has 1 aromatic carbocycles. The van der Waals surface area contributed by atoms with E-state index >= 15 is 0 Å². The molecule has 160 valence electrons. The quantitative estimate of drug-likeness (QED) is 0.705. The predicted molar refractivity (Wildman–Crippen MR) is 115 cm³/mol. The monoisotopic (exact) mass is 400 g/mol. The van der Waals surface area contributed by atoms with Gasteiger partial charge in [-0.05, 0) is 56.7 Å². The van der Waals surface area contributed by atoms with Crippen LogP contribution in [0.5, 0.6) is 0 Å². The Kier molecular flexibility index (Phi) is 8.35. The molecule has 2 aliphatic rings. The van der Waals surface area contributed by atoms with E-state index in [2.05, 4.69) is 22.5 Å². The number of nitrogens with one attached hydrogen (secondary N) is 2. The van der Waals surface area contributed by atoms with Crippen LogP contribution in [0.1, 0.15) is 51.0 Å². The summed E-state index contributed by atoms with van der Waals surface area (Å²) in [4.78, 5) is 28.9. The minimum absolute atomic E-state index is 0.0158. The largest absolute Gasteiger partial charge is 0.355 e. The zero-order chi connectivity index (χ0) is 20.5. The maximum absolute atomic E-state index is 12.4.